The lowest BCUT2D eigenvalue weighted by Gasteiger charge is -2.34. The van der Waals surface area contributed by atoms with E-state index >= 15 is 0 Å². The summed E-state index contributed by atoms with van der Waals surface area (Å²) in [4.78, 5) is 89.7. The first kappa shape index (κ1) is 69.5. The number of aliphatic hydroxyl groups is 5. The summed E-state index contributed by atoms with van der Waals surface area (Å²) < 4.78 is 18.1. The largest absolute Gasteiger partial charge is 0.396 e. The predicted molar refractivity (Wildman–Crippen MR) is 286 cm³/mol. The van der Waals surface area contributed by atoms with Crippen LogP contribution in [0.15, 0.2) is 12.3 Å². The Bertz CT molecular complexity index is 1490. The smallest absolute Gasteiger partial charge is 0.222 e. The van der Waals surface area contributed by atoms with Gasteiger partial charge in [-0.15, -0.1) is 0 Å². The number of hydrogen-bond acceptors (Lipinski definition) is 16. The Labute approximate surface area is 451 Å². The van der Waals surface area contributed by atoms with E-state index in [0.29, 0.717) is 136 Å². The Morgan fingerprint density at radius 2 is 0.750 bits per heavy atom. The van der Waals surface area contributed by atoms with Gasteiger partial charge in [-0.05, 0) is 83.5 Å². The zero-order chi connectivity index (χ0) is 55.9. The molecule has 0 bridgehead atoms. The predicted octanol–water partition coefficient (Wildman–Crippen LogP) is 0.479. The molecule has 1 aliphatic rings. The first-order valence-electron chi connectivity index (χ1n) is 28.0. The normalized spacial score (nSPS) is 14.2. The first-order valence-corrected chi connectivity index (χ1v) is 28.0. The van der Waals surface area contributed by atoms with Crippen molar-refractivity contribution in [2.75, 3.05) is 112 Å². The Kier molecular flexibility index (Phi) is 42.6. The average Bonchev–Trinajstić information content (AvgIpc) is 3.79. The maximum atomic E-state index is 13.7. The van der Waals surface area contributed by atoms with Crippen molar-refractivity contribution in [2.45, 2.75) is 172 Å². The average molecular weight is 1090 g/mol. The zero-order valence-electron chi connectivity index (χ0n) is 45.6. The highest BCUT2D eigenvalue weighted by molar-refractivity contribution is 5.78. The van der Waals surface area contributed by atoms with E-state index in [4.69, 9.17) is 29.5 Å². The van der Waals surface area contributed by atoms with E-state index in [9.17, 15) is 43.8 Å². The minimum Gasteiger partial charge on any atom is -0.396 e. The van der Waals surface area contributed by atoms with Gasteiger partial charge in [0.15, 0.2) is 0 Å². The second kappa shape index (κ2) is 46.6. The molecule has 0 aromatic rings. The highest BCUT2D eigenvalue weighted by atomic mass is 16.5. The van der Waals surface area contributed by atoms with E-state index in [1.165, 1.54) is 0 Å². The molecule has 0 unspecified atom stereocenters. The van der Waals surface area contributed by atoms with Crippen molar-refractivity contribution < 1.29 is 73.3 Å². The molecule has 76 heavy (non-hydrogen) atoms. The summed E-state index contributed by atoms with van der Waals surface area (Å²) >= 11 is 0. The number of nitrogens with zero attached hydrogens (tertiary/aromatic N) is 1. The van der Waals surface area contributed by atoms with E-state index in [1.54, 1.807) is 0 Å². The number of amides is 7. The number of unbranched alkanes of at least 4 members (excludes halogenated alkanes) is 8. The molecule has 0 saturated carbocycles. The number of rotatable bonds is 51. The Morgan fingerprint density at radius 1 is 0.434 bits per heavy atom. The van der Waals surface area contributed by atoms with E-state index < -0.39 is 11.6 Å². The van der Waals surface area contributed by atoms with Crippen LogP contribution in [0.1, 0.15) is 154 Å². The van der Waals surface area contributed by atoms with Gasteiger partial charge in [0.25, 0.3) is 0 Å². The van der Waals surface area contributed by atoms with Crippen molar-refractivity contribution in [3.8, 4) is 0 Å². The van der Waals surface area contributed by atoms with Crippen molar-refractivity contribution in [2.24, 2.45) is 0 Å². The van der Waals surface area contributed by atoms with E-state index in [2.05, 4.69) is 43.8 Å². The topological polar surface area (TPSA) is 336 Å². The van der Waals surface area contributed by atoms with Gasteiger partial charge in [-0.25, -0.2) is 0 Å². The number of carbonyl (C=O) groups is 7. The second-order valence-electron chi connectivity index (χ2n) is 19.5. The van der Waals surface area contributed by atoms with Gasteiger partial charge in [0, 0.05) is 116 Å². The van der Waals surface area contributed by atoms with Crippen LogP contribution in [0.25, 0.3) is 0 Å². The number of hydrogen-bond donors (Lipinski definition) is 12. The number of nitrogens with one attached hydrogen (secondary N) is 7. The summed E-state index contributed by atoms with van der Waals surface area (Å²) in [5, 5.41) is 66.3. The molecular formula is C53H98N8O15. The highest BCUT2D eigenvalue weighted by Gasteiger charge is 2.34. The van der Waals surface area contributed by atoms with Crippen molar-refractivity contribution in [3.05, 3.63) is 12.3 Å². The number of likely N-dealkylation sites (tertiary alicyclic amines) is 1. The second-order valence-corrected chi connectivity index (χ2v) is 19.5. The van der Waals surface area contributed by atoms with Gasteiger partial charge in [-0.3, -0.25) is 33.6 Å². The Hall–Kier alpha value is -4.49. The van der Waals surface area contributed by atoms with Gasteiger partial charge < -0.3 is 81.9 Å². The molecule has 1 rings (SSSR count). The van der Waals surface area contributed by atoms with Crippen molar-refractivity contribution in [1.82, 2.24) is 42.1 Å². The molecule has 0 spiro atoms. The van der Waals surface area contributed by atoms with Crippen LogP contribution in [0.3, 0.4) is 0 Å². The van der Waals surface area contributed by atoms with Crippen LogP contribution in [-0.4, -0.2) is 201 Å². The van der Waals surface area contributed by atoms with Gasteiger partial charge in [0.2, 0.25) is 41.4 Å². The fourth-order valence-electron chi connectivity index (χ4n) is 8.16. The van der Waals surface area contributed by atoms with Crippen molar-refractivity contribution in [3.63, 3.8) is 0 Å². The molecule has 0 radical (unpaired) electrons. The molecule has 7 amide bonds. The van der Waals surface area contributed by atoms with Gasteiger partial charge in [-0.1, -0.05) is 32.3 Å². The fourth-order valence-corrected chi connectivity index (χ4v) is 8.16. The summed E-state index contributed by atoms with van der Waals surface area (Å²) in [7, 11) is 0. The van der Waals surface area contributed by atoms with E-state index in [-0.39, 0.29) is 139 Å². The number of ether oxygens (including phenoxy) is 3. The highest BCUT2D eigenvalue weighted by Crippen LogP contribution is 2.25. The third-order valence-electron chi connectivity index (χ3n) is 12.5. The Morgan fingerprint density at radius 3 is 1.11 bits per heavy atom. The van der Waals surface area contributed by atoms with Crippen molar-refractivity contribution >= 4 is 41.4 Å². The minimum absolute atomic E-state index is 0.000929. The SMILES string of the molecule is C=C(CCCCCCCCC(=O)NC(COCCC(=O)NCCCNC(=O)CCCCO)(COCCC(=O)NCCCNC(=O)CCCCO)COCCC(=O)NCCCNC(=O)CCCCO)N1C[C@H](O)C[C@H]1CO. The lowest BCUT2D eigenvalue weighted by atomic mass is 10.0. The van der Waals surface area contributed by atoms with E-state index in [1.807, 2.05) is 4.90 Å². The lowest BCUT2D eigenvalue weighted by Crippen LogP contribution is -2.58. The third kappa shape index (κ3) is 38.1. The lowest BCUT2D eigenvalue weighted by molar-refractivity contribution is -0.130. The zero-order valence-corrected chi connectivity index (χ0v) is 45.6. The van der Waals surface area contributed by atoms with Gasteiger partial charge in [0.1, 0.15) is 5.54 Å². The maximum Gasteiger partial charge on any atom is 0.222 e. The summed E-state index contributed by atoms with van der Waals surface area (Å²) in [6.07, 6.45) is 12.2. The molecular weight excluding hydrogens is 989 g/mol. The molecule has 2 atom stereocenters. The summed E-state index contributed by atoms with van der Waals surface area (Å²) in [5.41, 5.74) is -0.366. The van der Waals surface area contributed by atoms with Crippen LogP contribution < -0.4 is 37.2 Å². The maximum absolute atomic E-state index is 13.7. The molecule has 0 aliphatic carbocycles. The monoisotopic (exact) mass is 1090 g/mol. The quantitative estimate of drug-likeness (QED) is 0.0369. The molecule has 12 N–H and O–H groups in total. The molecule has 0 aromatic carbocycles. The van der Waals surface area contributed by atoms with Crippen LogP contribution in [0.4, 0.5) is 0 Å². The molecule has 1 saturated heterocycles. The number of allylic oxidation sites excluding steroid dienone is 1. The Balaban J connectivity index is 2.90. The molecule has 1 heterocycles. The molecule has 1 fully saturated rings. The number of carbonyl (C=O) groups excluding carboxylic acids is 7. The summed E-state index contributed by atoms with van der Waals surface area (Å²) in [6, 6.07) is -0.101. The van der Waals surface area contributed by atoms with Crippen LogP contribution >= 0.6 is 0 Å². The van der Waals surface area contributed by atoms with Gasteiger partial charge in [-0.2, -0.15) is 0 Å². The molecule has 0 aromatic heterocycles. The van der Waals surface area contributed by atoms with Crippen LogP contribution in [0.2, 0.25) is 0 Å². The third-order valence-corrected chi connectivity index (χ3v) is 12.5. The summed E-state index contributed by atoms with van der Waals surface area (Å²) in [6.45, 7) is 6.43. The van der Waals surface area contributed by atoms with Crippen molar-refractivity contribution in [1.29, 1.82) is 0 Å². The molecule has 440 valence electrons. The fraction of sp³-hybridized carbons (Fsp3) is 0.830. The van der Waals surface area contributed by atoms with Crippen LogP contribution in [-0.2, 0) is 47.8 Å². The van der Waals surface area contributed by atoms with Crippen LogP contribution in [0, 0.1) is 0 Å². The first-order chi connectivity index (χ1) is 36.8. The molecule has 1 aliphatic heterocycles. The molecule has 23 heteroatoms. The summed E-state index contributed by atoms with van der Waals surface area (Å²) in [5.74, 6) is -1.46. The number of β-amino-alcohol motifs (C(OH)–C–C–N with tert-alkyl or cyclic N) is 1. The van der Waals surface area contributed by atoms with Gasteiger partial charge in [0.05, 0.1) is 58.4 Å². The number of aliphatic hydroxyl groups excluding tert-OH is 5. The minimum atomic E-state index is -1.29. The standard InChI is InChI=1S/C53H98N8O15/c1-43(61-38-45(66)37-44(61)39-65)17-6-4-2-3-5-7-21-52(73)60-53(40-74-34-22-49(70)57-28-14-25-54-46(67)18-8-11-31-62,41-75-35-23-50(71)58-29-15-26-55-47(68)19-9-12-32-63)42-76-36-24-51(72)59-30-16-27-56-48(69)20-10-13-33-64/h44-45,62-66H,1-42H2,(H,54,67)(H,55,68)(H,56,69)(H,57,70)(H,58,71)(H,59,72)(H,60,73)/t44-,45+/m0/s1. The van der Waals surface area contributed by atoms with Crippen LogP contribution in [0.5, 0.6) is 0 Å². The van der Waals surface area contributed by atoms with E-state index in [0.717, 1.165) is 44.2 Å². The van der Waals surface area contributed by atoms with Gasteiger partial charge >= 0.3 is 0 Å². The molecule has 23 nitrogen and oxygen atoms in total.